The summed E-state index contributed by atoms with van der Waals surface area (Å²) >= 11 is 0. The van der Waals surface area contributed by atoms with Crippen LogP contribution in [0.5, 0.6) is 0 Å². The molecule has 0 bridgehead atoms. The van der Waals surface area contributed by atoms with E-state index in [-0.39, 0.29) is 0 Å². The standard InChI is InChI=1S/C9H14FNO/c1-5-4-6-7(11-5)2-3-8(12)9(6)10/h5,8-9,11-12H,2-4H2,1H3. The van der Waals surface area contributed by atoms with Crippen LogP contribution in [0.1, 0.15) is 26.2 Å². The van der Waals surface area contributed by atoms with Crippen LogP contribution < -0.4 is 5.32 Å². The van der Waals surface area contributed by atoms with Crippen molar-refractivity contribution >= 4 is 0 Å². The van der Waals surface area contributed by atoms with Gasteiger partial charge in [0.15, 0.2) is 0 Å². The molecule has 0 spiro atoms. The largest absolute Gasteiger partial charge is 0.390 e. The number of aliphatic hydroxyl groups excluding tert-OH is 1. The number of halogens is 1. The zero-order valence-corrected chi connectivity index (χ0v) is 7.18. The van der Waals surface area contributed by atoms with Gasteiger partial charge in [-0.25, -0.2) is 4.39 Å². The summed E-state index contributed by atoms with van der Waals surface area (Å²) in [5.41, 5.74) is 1.85. The molecule has 0 fully saturated rings. The first-order valence-electron chi connectivity index (χ1n) is 4.49. The van der Waals surface area contributed by atoms with Crippen LogP contribution in [0.2, 0.25) is 0 Å². The van der Waals surface area contributed by atoms with Crippen molar-refractivity contribution in [1.29, 1.82) is 0 Å². The van der Waals surface area contributed by atoms with Crippen LogP contribution in [0.15, 0.2) is 11.3 Å². The fourth-order valence-corrected chi connectivity index (χ4v) is 2.08. The van der Waals surface area contributed by atoms with Crippen LogP contribution in [-0.4, -0.2) is 23.4 Å². The topological polar surface area (TPSA) is 32.3 Å². The van der Waals surface area contributed by atoms with Gasteiger partial charge in [0.1, 0.15) is 6.17 Å². The molecule has 1 aliphatic heterocycles. The molecule has 0 radical (unpaired) electrons. The number of rotatable bonds is 0. The highest BCUT2D eigenvalue weighted by atomic mass is 19.1. The predicted octanol–water partition coefficient (Wildman–Crippen LogP) is 1.12. The number of aliphatic hydroxyl groups is 1. The highest BCUT2D eigenvalue weighted by molar-refractivity contribution is 5.27. The van der Waals surface area contributed by atoms with Gasteiger partial charge in [0, 0.05) is 11.7 Å². The molecular formula is C9H14FNO. The Kier molecular flexibility index (Phi) is 1.83. The molecule has 1 heterocycles. The maximum Gasteiger partial charge on any atom is 0.149 e. The van der Waals surface area contributed by atoms with Gasteiger partial charge in [-0.2, -0.15) is 0 Å². The molecule has 3 heteroatoms. The van der Waals surface area contributed by atoms with Crippen LogP contribution in [0.3, 0.4) is 0 Å². The van der Waals surface area contributed by atoms with E-state index in [4.69, 9.17) is 0 Å². The summed E-state index contributed by atoms with van der Waals surface area (Å²) in [7, 11) is 0. The van der Waals surface area contributed by atoms with Crippen molar-refractivity contribution in [3.05, 3.63) is 11.3 Å². The van der Waals surface area contributed by atoms with Crippen molar-refractivity contribution in [1.82, 2.24) is 5.32 Å². The maximum atomic E-state index is 13.4. The lowest BCUT2D eigenvalue weighted by Gasteiger charge is -2.23. The zero-order valence-electron chi connectivity index (χ0n) is 7.18. The Morgan fingerprint density at radius 1 is 1.58 bits per heavy atom. The second-order valence-electron chi connectivity index (χ2n) is 3.76. The highest BCUT2D eigenvalue weighted by Crippen LogP contribution is 2.33. The van der Waals surface area contributed by atoms with Crippen LogP contribution in [0.4, 0.5) is 4.39 Å². The fourth-order valence-electron chi connectivity index (χ4n) is 2.08. The van der Waals surface area contributed by atoms with E-state index in [0.29, 0.717) is 12.5 Å². The summed E-state index contributed by atoms with van der Waals surface area (Å²) in [5, 5.41) is 12.5. The van der Waals surface area contributed by atoms with E-state index < -0.39 is 12.3 Å². The van der Waals surface area contributed by atoms with Crippen LogP contribution in [0, 0.1) is 0 Å². The third-order valence-electron chi connectivity index (χ3n) is 2.70. The molecule has 0 aromatic carbocycles. The summed E-state index contributed by atoms with van der Waals surface area (Å²) in [4.78, 5) is 0. The quantitative estimate of drug-likeness (QED) is 0.572. The lowest BCUT2D eigenvalue weighted by Crippen LogP contribution is -2.28. The van der Waals surface area contributed by atoms with E-state index in [1.54, 1.807) is 0 Å². The fraction of sp³-hybridized carbons (Fsp3) is 0.778. The number of allylic oxidation sites excluding steroid dienone is 1. The predicted molar refractivity (Wildman–Crippen MR) is 44.4 cm³/mol. The number of hydrogen-bond acceptors (Lipinski definition) is 2. The summed E-state index contributed by atoms with van der Waals surface area (Å²) in [6.45, 7) is 2.04. The van der Waals surface area contributed by atoms with E-state index in [0.717, 1.165) is 24.1 Å². The monoisotopic (exact) mass is 171 g/mol. The van der Waals surface area contributed by atoms with Crippen molar-refractivity contribution < 1.29 is 9.50 Å². The molecule has 12 heavy (non-hydrogen) atoms. The van der Waals surface area contributed by atoms with Crippen molar-refractivity contribution in [3.8, 4) is 0 Å². The van der Waals surface area contributed by atoms with Gasteiger partial charge in [-0.05, 0) is 31.8 Å². The Morgan fingerprint density at radius 3 is 3.08 bits per heavy atom. The first-order chi connectivity index (χ1) is 5.68. The van der Waals surface area contributed by atoms with Crippen molar-refractivity contribution in [2.45, 2.75) is 44.5 Å². The van der Waals surface area contributed by atoms with Gasteiger partial charge in [-0.15, -0.1) is 0 Å². The Labute approximate surface area is 71.5 Å². The first kappa shape index (κ1) is 8.05. The van der Waals surface area contributed by atoms with Gasteiger partial charge in [0.2, 0.25) is 0 Å². The minimum absolute atomic E-state index is 0.346. The van der Waals surface area contributed by atoms with Crippen molar-refractivity contribution in [2.75, 3.05) is 0 Å². The minimum atomic E-state index is -1.12. The van der Waals surface area contributed by atoms with Gasteiger partial charge >= 0.3 is 0 Å². The maximum absolute atomic E-state index is 13.4. The Hall–Kier alpha value is -0.570. The van der Waals surface area contributed by atoms with E-state index in [1.165, 1.54) is 0 Å². The van der Waals surface area contributed by atoms with E-state index in [9.17, 15) is 9.50 Å². The molecule has 0 saturated carbocycles. The van der Waals surface area contributed by atoms with Crippen molar-refractivity contribution in [3.63, 3.8) is 0 Å². The molecule has 0 aromatic heterocycles. The molecule has 0 saturated heterocycles. The lowest BCUT2D eigenvalue weighted by atomic mass is 9.92. The van der Waals surface area contributed by atoms with E-state index in [1.807, 2.05) is 6.92 Å². The first-order valence-corrected chi connectivity index (χ1v) is 4.49. The SMILES string of the molecule is CC1CC2=C(CCC(O)C2F)N1. The molecule has 0 aromatic rings. The van der Waals surface area contributed by atoms with Crippen molar-refractivity contribution in [2.24, 2.45) is 0 Å². The molecule has 3 unspecified atom stereocenters. The Morgan fingerprint density at radius 2 is 2.33 bits per heavy atom. The molecule has 3 atom stereocenters. The zero-order chi connectivity index (χ0) is 8.72. The second-order valence-corrected chi connectivity index (χ2v) is 3.76. The number of nitrogens with one attached hydrogen (secondary N) is 1. The van der Waals surface area contributed by atoms with Crippen LogP contribution in [-0.2, 0) is 0 Å². The smallest absolute Gasteiger partial charge is 0.149 e. The average Bonchev–Trinajstić information content (AvgIpc) is 2.39. The van der Waals surface area contributed by atoms with Crippen LogP contribution in [0.25, 0.3) is 0 Å². The van der Waals surface area contributed by atoms with Gasteiger partial charge < -0.3 is 10.4 Å². The molecule has 2 aliphatic rings. The molecule has 2 rings (SSSR count). The van der Waals surface area contributed by atoms with E-state index >= 15 is 0 Å². The second kappa shape index (κ2) is 2.73. The Balaban J connectivity index is 2.20. The van der Waals surface area contributed by atoms with Gasteiger partial charge in [0.05, 0.1) is 6.10 Å². The third kappa shape index (κ3) is 1.12. The molecule has 68 valence electrons. The summed E-state index contributed by atoms with van der Waals surface area (Å²) < 4.78 is 13.4. The Bertz CT molecular complexity index is 227. The van der Waals surface area contributed by atoms with Crippen LogP contribution >= 0.6 is 0 Å². The molecule has 1 aliphatic carbocycles. The average molecular weight is 171 g/mol. The molecule has 2 nitrogen and oxygen atoms in total. The normalized spacial score (nSPS) is 41.1. The summed E-state index contributed by atoms with van der Waals surface area (Å²) in [6, 6.07) is 0.346. The van der Waals surface area contributed by atoms with Gasteiger partial charge in [-0.1, -0.05) is 0 Å². The number of hydrogen-bond donors (Lipinski definition) is 2. The summed E-state index contributed by atoms with van der Waals surface area (Å²) in [5.74, 6) is 0. The van der Waals surface area contributed by atoms with Gasteiger partial charge in [0.25, 0.3) is 0 Å². The van der Waals surface area contributed by atoms with E-state index in [2.05, 4.69) is 5.32 Å². The number of alkyl halides is 1. The summed E-state index contributed by atoms with van der Waals surface area (Å²) in [6.07, 6.45) is 0.233. The van der Waals surface area contributed by atoms with Gasteiger partial charge in [-0.3, -0.25) is 0 Å². The molecule has 0 amide bonds. The minimum Gasteiger partial charge on any atom is -0.390 e. The third-order valence-corrected chi connectivity index (χ3v) is 2.70. The lowest BCUT2D eigenvalue weighted by molar-refractivity contribution is 0.0811. The molecule has 2 N–H and O–H groups in total. The highest BCUT2D eigenvalue weighted by Gasteiger charge is 2.34. The molecular weight excluding hydrogens is 157 g/mol.